The fourth-order valence-electron chi connectivity index (χ4n) is 4.89. The summed E-state index contributed by atoms with van der Waals surface area (Å²) in [6.45, 7) is 7.43. The molecule has 6 nitrogen and oxygen atoms in total. The number of aliphatic hydroxyl groups excluding tert-OH is 1. The molecule has 200 valence electrons. The molecule has 37 heavy (non-hydrogen) atoms. The van der Waals surface area contributed by atoms with E-state index in [0.29, 0.717) is 48.8 Å². The summed E-state index contributed by atoms with van der Waals surface area (Å²) in [6, 6.07) is 16.5. The number of hydrogen-bond acceptors (Lipinski definition) is 6. The van der Waals surface area contributed by atoms with E-state index < -0.39 is 6.10 Å². The number of aryl methyl sites for hydroxylation is 1. The zero-order valence-electron chi connectivity index (χ0n) is 22.8. The maximum Gasteiger partial charge on any atom is 0.306 e. The first-order valence-electron chi connectivity index (χ1n) is 13.5. The number of rotatable bonds is 14. The summed E-state index contributed by atoms with van der Waals surface area (Å²) in [5, 5.41) is 20.1. The third-order valence-electron chi connectivity index (χ3n) is 7.23. The van der Waals surface area contributed by atoms with Crippen molar-refractivity contribution < 1.29 is 19.4 Å². The Morgan fingerprint density at radius 2 is 1.86 bits per heavy atom. The number of likely N-dealkylation sites (N-methyl/N-ethyl adjacent to an activating group) is 1. The minimum absolute atomic E-state index is 0.0985. The standard InChI is InChI=1S/C31H42N2O4/c1-22(2)13-14-36-31(35)12-10-24-9-11-28(19-32)30(18-24)37-21-29(34)20-33(4)23(3)15-25-16-26-7-5-6-8-27(26)17-25/h5-9,11,18,22-23,25,29,34H,10,12-17,20-21H2,1-4H3/t23?,29-/m1/s1. The van der Waals surface area contributed by atoms with E-state index in [-0.39, 0.29) is 19.0 Å². The number of aliphatic hydroxyl groups is 1. The Kier molecular flexibility index (Phi) is 11.0. The number of benzene rings is 2. The molecule has 2 aromatic carbocycles. The number of carbonyl (C=O) groups excluding carboxylic acids is 1. The van der Waals surface area contributed by atoms with Gasteiger partial charge in [-0.05, 0) is 86.7 Å². The number of fused-ring (bicyclic) bond motifs is 1. The van der Waals surface area contributed by atoms with Crippen LogP contribution in [0.5, 0.6) is 5.75 Å². The molecule has 0 amide bonds. The number of carbonyl (C=O) groups is 1. The highest BCUT2D eigenvalue weighted by Gasteiger charge is 2.25. The van der Waals surface area contributed by atoms with Gasteiger partial charge in [-0.1, -0.05) is 44.2 Å². The van der Waals surface area contributed by atoms with Crippen LogP contribution >= 0.6 is 0 Å². The molecule has 1 aliphatic carbocycles. The van der Waals surface area contributed by atoms with Gasteiger partial charge in [0.15, 0.2) is 0 Å². The Hall–Kier alpha value is -2.88. The number of esters is 1. The number of nitriles is 1. The molecule has 2 atom stereocenters. The molecular weight excluding hydrogens is 464 g/mol. The van der Waals surface area contributed by atoms with Crippen molar-refractivity contribution in [2.24, 2.45) is 11.8 Å². The van der Waals surface area contributed by atoms with Crippen LogP contribution in [0, 0.1) is 23.2 Å². The fourth-order valence-corrected chi connectivity index (χ4v) is 4.89. The van der Waals surface area contributed by atoms with Gasteiger partial charge in [0, 0.05) is 19.0 Å². The summed E-state index contributed by atoms with van der Waals surface area (Å²) < 4.78 is 11.2. The van der Waals surface area contributed by atoms with Gasteiger partial charge in [0.2, 0.25) is 0 Å². The third-order valence-corrected chi connectivity index (χ3v) is 7.23. The van der Waals surface area contributed by atoms with Gasteiger partial charge in [-0.2, -0.15) is 5.26 Å². The van der Waals surface area contributed by atoms with Gasteiger partial charge in [0.25, 0.3) is 0 Å². The van der Waals surface area contributed by atoms with Gasteiger partial charge in [-0.3, -0.25) is 4.79 Å². The third kappa shape index (κ3) is 9.18. The topological polar surface area (TPSA) is 82.8 Å². The zero-order chi connectivity index (χ0) is 26.8. The molecular formula is C31H42N2O4. The summed E-state index contributed by atoms with van der Waals surface area (Å²) in [6.07, 6.45) is 4.30. The predicted molar refractivity (Wildman–Crippen MR) is 145 cm³/mol. The van der Waals surface area contributed by atoms with Crippen molar-refractivity contribution in [1.82, 2.24) is 4.90 Å². The van der Waals surface area contributed by atoms with Crippen molar-refractivity contribution in [2.45, 2.75) is 71.4 Å². The average molecular weight is 507 g/mol. The summed E-state index contributed by atoms with van der Waals surface area (Å²) >= 11 is 0. The van der Waals surface area contributed by atoms with E-state index in [9.17, 15) is 15.2 Å². The molecule has 0 aromatic heterocycles. The number of nitrogens with zero attached hydrogens (tertiary/aromatic N) is 2. The lowest BCUT2D eigenvalue weighted by atomic mass is 9.97. The molecule has 0 aliphatic heterocycles. The second-order valence-corrected chi connectivity index (χ2v) is 10.9. The Balaban J connectivity index is 1.44. The molecule has 0 fully saturated rings. The molecule has 2 aromatic rings. The largest absolute Gasteiger partial charge is 0.489 e. The van der Waals surface area contributed by atoms with Gasteiger partial charge in [-0.15, -0.1) is 0 Å². The van der Waals surface area contributed by atoms with Crippen molar-refractivity contribution in [3.8, 4) is 11.8 Å². The van der Waals surface area contributed by atoms with E-state index in [2.05, 4.69) is 56.0 Å². The molecule has 3 rings (SSSR count). The van der Waals surface area contributed by atoms with Crippen LogP contribution in [-0.2, 0) is 28.8 Å². The van der Waals surface area contributed by atoms with Gasteiger partial charge in [0.05, 0.1) is 12.2 Å². The summed E-state index contributed by atoms with van der Waals surface area (Å²) in [5.74, 6) is 1.35. The maximum absolute atomic E-state index is 12.0. The first-order chi connectivity index (χ1) is 17.7. The summed E-state index contributed by atoms with van der Waals surface area (Å²) in [7, 11) is 2.04. The van der Waals surface area contributed by atoms with Crippen LogP contribution in [0.15, 0.2) is 42.5 Å². The Bertz CT molecular complexity index is 1040. The number of ether oxygens (including phenoxy) is 2. The summed E-state index contributed by atoms with van der Waals surface area (Å²) in [4.78, 5) is 14.2. The predicted octanol–water partition coefficient (Wildman–Crippen LogP) is 4.95. The van der Waals surface area contributed by atoms with Gasteiger partial charge in [-0.25, -0.2) is 0 Å². The second kappa shape index (κ2) is 14.2. The molecule has 1 N–H and O–H groups in total. The minimum Gasteiger partial charge on any atom is -0.489 e. The van der Waals surface area contributed by atoms with Crippen molar-refractivity contribution in [3.63, 3.8) is 0 Å². The second-order valence-electron chi connectivity index (χ2n) is 10.9. The van der Waals surface area contributed by atoms with E-state index >= 15 is 0 Å². The van der Waals surface area contributed by atoms with Crippen LogP contribution in [0.1, 0.15) is 62.3 Å². The molecule has 0 spiro atoms. The molecule has 1 aliphatic rings. The van der Waals surface area contributed by atoms with Crippen LogP contribution in [0.25, 0.3) is 0 Å². The lowest BCUT2D eigenvalue weighted by molar-refractivity contribution is -0.143. The molecule has 0 saturated heterocycles. The normalized spacial score (nSPS) is 14.9. The van der Waals surface area contributed by atoms with Gasteiger partial charge in [0.1, 0.15) is 24.5 Å². The molecule has 1 unspecified atom stereocenters. The van der Waals surface area contributed by atoms with E-state index in [4.69, 9.17) is 9.47 Å². The van der Waals surface area contributed by atoms with E-state index in [1.54, 1.807) is 12.1 Å². The molecule has 6 heteroatoms. The molecule has 0 saturated carbocycles. The SMILES string of the molecule is CC(C)CCOC(=O)CCc1ccc(C#N)c(OC[C@H](O)CN(C)C(C)CC2Cc3ccccc3C2)c1. The molecule has 0 radical (unpaired) electrons. The smallest absolute Gasteiger partial charge is 0.306 e. The highest BCUT2D eigenvalue weighted by Crippen LogP contribution is 2.30. The van der Waals surface area contributed by atoms with Crippen LogP contribution in [0.3, 0.4) is 0 Å². The molecule has 0 heterocycles. The summed E-state index contributed by atoms with van der Waals surface area (Å²) in [5.41, 5.74) is 4.24. The van der Waals surface area contributed by atoms with E-state index in [0.717, 1.165) is 31.2 Å². The minimum atomic E-state index is -0.681. The van der Waals surface area contributed by atoms with E-state index in [1.807, 2.05) is 13.1 Å². The zero-order valence-corrected chi connectivity index (χ0v) is 22.8. The first-order valence-corrected chi connectivity index (χ1v) is 13.5. The molecule has 0 bridgehead atoms. The lowest BCUT2D eigenvalue weighted by Gasteiger charge is -2.29. The monoisotopic (exact) mass is 506 g/mol. The Morgan fingerprint density at radius 3 is 2.51 bits per heavy atom. The van der Waals surface area contributed by atoms with Crippen molar-refractivity contribution in [1.29, 1.82) is 5.26 Å². The van der Waals surface area contributed by atoms with Crippen molar-refractivity contribution in [2.75, 3.05) is 26.8 Å². The average Bonchev–Trinajstić information content (AvgIpc) is 3.28. The van der Waals surface area contributed by atoms with Crippen molar-refractivity contribution >= 4 is 5.97 Å². The highest BCUT2D eigenvalue weighted by molar-refractivity contribution is 5.69. The van der Waals surface area contributed by atoms with Crippen LogP contribution in [0.4, 0.5) is 0 Å². The fraction of sp³-hybridized carbons (Fsp3) is 0.548. The highest BCUT2D eigenvalue weighted by atomic mass is 16.5. The van der Waals surface area contributed by atoms with Crippen LogP contribution < -0.4 is 4.74 Å². The Morgan fingerprint density at radius 1 is 1.16 bits per heavy atom. The van der Waals surface area contributed by atoms with Crippen LogP contribution in [0.2, 0.25) is 0 Å². The van der Waals surface area contributed by atoms with E-state index in [1.165, 1.54) is 11.1 Å². The van der Waals surface area contributed by atoms with Crippen molar-refractivity contribution in [3.05, 3.63) is 64.7 Å². The Labute approximate surface area is 222 Å². The maximum atomic E-state index is 12.0. The van der Waals surface area contributed by atoms with Gasteiger partial charge < -0.3 is 19.5 Å². The van der Waals surface area contributed by atoms with Crippen LogP contribution in [-0.4, -0.2) is 54.9 Å². The number of hydrogen-bond donors (Lipinski definition) is 1. The first kappa shape index (κ1) is 28.7. The van der Waals surface area contributed by atoms with Gasteiger partial charge >= 0.3 is 5.97 Å². The quantitative estimate of drug-likeness (QED) is 0.365. The lowest BCUT2D eigenvalue weighted by Crippen LogP contribution is -2.39.